The van der Waals surface area contributed by atoms with Gasteiger partial charge in [0.15, 0.2) is 0 Å². The van der Waals surface area contributed by atoms with Gasteiger partial charge in [-0.1, -0.05) is 152 Å². The van der Waals surface area contributed by atoms with Crippen LogP contribution in [0.2, 0.25) is 0 Å². The third-order valence-electron chi connectivity index (χ3n) is 11.0. The highest BCUT2D eigenvalue weighted by atomic mass is 32.1. The molecule has 0 N–H and O–H groups in total. The van der Waals surface area contributed by atoms with Crippen LogP contribution >= 0.6 is 11.3 Å². The second kappa shape index (κ2) is 12.9. The van der Waals surface area contributed by atoms with Crippen molar-refractivity contribution in [3.05, 3.63) is 206 Å². The van der Waals surface area contributed by atoms with E-state index in [2.05, 4.69) is 216 Å². The lowest BCUT2D eigenvalue weighted by atomic mass is 10.0. The number of aromatic nitrogens is 1. The van der Waals surface area contributed by atoms with Crippen molar-refractivity contribution >= 4 is 81.1 Å². The van der Waals surface area contributed by atoms with Gasteiger partial charge in [-0.2, -0.15) is 0 Å². The molecule has 9 aromatic carbocycles. The second-order valence-corrected chi connectivity index (χ2v) is 15.2. The molecule has 258 valence electrons. The highest BCUT2D eigenvalue weighted by Gasteiger charge is 2.20. The summed E-state index contributed by atoms with van der Waals surface area (Å²) in [6.45, 7) is 0. The summed E-state index contributed by atoms with van der Waals surface area (Å²) in [4.78, 5) is 2.38. The first-order valence-corrected chi connectivity index (χ1v) is 19.6. The standard InChI is InChI=1S/C52H34N2S/c1-3-12-35(13-4-1)37-22-27-40(28-23-37)53(41-29-24-38(25-30-41)36-14-5-2-6-15-36)42-31-32-44-45-19-11-21-49(52(45)55-50(44)34-42)54-47-20-10-9-18-46(47)51-43-17-8-7-16-39(43)26-33-48(51)54/h1-34H. The van der Waals surface area contributed by atoms with Crippen molar-refractivity contribution in [3.8, 4) is 27.9 Å². The normalized spacial score (nSPS) is 11.6. The Hall–Kier alpha value is -6.94. The maximum Gasteiger partial charge on any atom is 0.0640 e. The molecule has 0 spiro atoms. The molecule has 0 amide bonds. The van der Waals surface area contributed by atoms with E-state index in [1.807, 2.05) is 11.3 Å². The number of anilines is 3. The van der Waals surface area contributed by atoms with Gasteiger partial charge in [0.1, 0.15) is 0 Å². The van der Waals surface area contributed by atoms with Crippen LogP contribution in [0.25, 0.3) is 80.7 Å². The number of benzene rings is 9. The fraction of sp³-hybridized carbons (Fsp3) is 0. The maximum absolute atomic E-state index is 2.48. The fourth-order valence-corrected chi connectivity index (χ4v) is 9.64. The Morgan fingerprint density at radius 2 is 0.927 bits per heavy atom. The molecule has 0 aliphatic rings. The summed E-state index contributed by atoms with van der Waals surface area (Å²) in [5, 5.41) is 7.69. The highest BCUT2D eigenvalue weighted by molar-refractivity contribution is 7.26. The van der Waals surface area contributed by atoms with Crippen molar-refractivity contribution < 1.29 is 0 Å². The lowest BCUT2D eigenvalue weighted by molar-refractivity contribution is 1.20. The van der Waals surface area contributed by atoms with E-state index in [4.69, 9.17) is 0 Å². The first-order chi connectivity index (χ1) is 27.3. The topological polar surface area (TPSA) is 8.17 Å². The van der Waals surface area contributed by atoms with E-state index in [1.54, 1.807) is 0 Å². The second-order valence-electron chi connectivity index (χ2n) is 14.1. The zero-order valence-corrected chi connectivity index (χ0v) is 30.7. The molecule has 0 bridgehead atoms. The molecule has 11 aromatic rings. The monoisotopic (exact) mass is 718 g/mol. The quantitative estimate of drug-likeness (QED) is 0.166. The fourth-order valence-electron chi connectivity index (χ4n) is 8.40. The molecule has 0 saturated carbocycles. The van der Waals surface area contributed by atoms with Gasteiger partial charge in [-0.3, -0.25) is 0 Å². The predicted octanol–water partition coefficient (Wildman–Crippen LogP) is 15.1. The third kappa shape index (κ3) is 5.24. The van der Waals surface area contributed by atoms with Crippen molar-refractivity contribution in [1.29, 1.82) is 0 Å². The molecule has 0 unspecified atom stereocenters. The predicted molar refractivity (Wildman–Crippen MR) is 237 cm³/mol. The van der Waals surface area contributed by atoms with Crippen LogP contribution in [0.4, 0.5) is 17.1 Å². The Balaban J connectivity index is 1.08. The van der Waals surface area contributed by atoms with Crippen LogP contribution in [-0.2, 0) is 0 Å². The average Bonchev–Trinajstić information content (AvgIpc) is 3.81. The SMILES string of the molecule is c1ccc(-c2ccc(N(c3ccc(-c4ccccc4)cc3)c3ccc4c(c3)sc3c(-n5c6ccccc6c6c7ccccc7ccc65)cccc34)cc2)cc1. The molecule has 3 heteroatoms. The Kier molecular flexibility index (Phi) is 7.39. The smallest absolute Gasteiger partial charge is 0.0640 e. The largest absolute Gasteiger partial charge is 0.310 e. The van der Waals surface area contributed by atoms with E-state index in [0.29, 0.717) is 0 Å². The summed E-state index contributed by atoms with van der Waals surface area (Å²) in [5.74, 6) is 0. The van der Waals surface area contributed by atoms with Gasteiger partial charge >= 0.3 is 0 Å². The minimum absolute atomic E-state index is 1.12. The van der Waals surface area contributed by atoms with Gasteiger partial charge in [-0.05, 0) is 87.6 Å². The van der Waals surface area contributed by atoms with Crippen LogP contribution in [0.3, 0.4) is 0 Å². The minimum Gasteiger partial charge on any atom is -0.310 e. The lowest BCUT2D eigenvalue weighted by Gasteiger charge is -2.26. The number of hydrogen-bond donors (Lipinski definition) is 0. The molecule has 2 heterocycles. The summed E-state index contributed by atoms with van der Waals surface area (Å²) in [5.41, 5.74) is 11.9. The Morgan fingerprint density at radius 3 is 1.62 bits per heavy atom. The summed E-state index contributed by atoms with van der Waals surface area (Å²) in [6.07, 6.45) is 0. The molecule has 2 aromatic heterocycles. The zero-order valence-electron chi connectivity index (χ0n) is 29.9. The number of para-hydroxylation sites is 1. The van der Waals surface area contributed by atoms with Gasteiger partial charge in [0.25, 0.3) is 0 Å². The molecule has 55 heavy (non-hydrogen) atoms. The first-order valence-electron chi connectivity index (χ1n) is 18.8. The summed E-state index contributed by atoms with van der Waals surface area (Å²) in [6, 6.07) is 75.0. The van der Waals surface area contributed by atoms with E-state index >= 15 is 0 Å². The number of fused-ring (bicyclic) bond motifs is 8. The third-order valence-corrected chi connectivity index (χ3v) is 12.2. The number of rotatable bonds is 6. The number of thiophene rings is 1. The molecule has 11 rings (SSSR count). The first kappa shape index (κ1) is 31.6. The van der Waals surface area contributed by atoms with Crippen molar-refractivity contribution in [2.45, 2.75) is 0 Å². The zero-order chi connectivity index (χ0) is 36.3. The molecule has 0 atom stereocenters. The Labute approximate surface area is 323 Å². The molecule has 0 aliphatic heterocycles. The molecular formula is C52H34N2S. The van der Waals surface area contributed by atoms with Gasteiger partial charge in [0.2, 0.25) is 0 Å². The maximum atomic E-state index is 2.48. The van der Waals surface area contributed by atoms with Crippen LogP contribution in [0.1, 0.15) is 0 Å². The number of nitrogens with zero attached hydrogens (tertiary/aromatic N) is 2. The average molecular weight is 719 g/mol. The highest BCUT2D eigenvalue weighted by Crippen LogP contribution is 2.45. The summed E-state index contributed by atoms with van der Waals surface area (Å²) >= 11 is 1.88. The van der Waals surface area contributed by atoms with Crippen LogP contribution in [0, 0.1) is 0 Å². The van der Waals surface area contributed by atoms with Gasteiger partial charge in [0.05, 0.1) is 21.4 Å². The van der Waals surface area contributed by atoms with E-state index in [0.717, 1.165) is 17.1 Å². The van der Waals surface area contributed by atoms with Gasteiger partial charge < -0.3 is 9.47 Å². The summed E-state index contributed by atoms with van der Waals surface area (Å²) < 4.78 is 5.03. The van der Waals surface area contributed by atoms with Crippen molar-refractivity contribution in [2.75, 3.05) is 4.90 Å². The minimum atomic E-state index is 1.12. The van der Waals surface area contributed by atoms with Crippen LogP contribution < -0.4 is 4.90 Å². The van der Waals surface area contributed by atoms with Crippen LogP contribution in [0.5, 0.6) is 0 Å². The summed E-state index contributed by atoms with van der Waals surface area (Å²) in [7, 11) is 0. The molecular weight excluding hydrogens is 685 g/mol. The van der Waals surface area contributed by atoms with Gasteiger partial charge in [-0.15, -0.1) is 11.3 Å². The van der Waals surface area contributed by atoms with Crippen LogP contribution in [-0.4, -0.2) is 4.57 Å². The van der Waals surface area contributed by atoms with E-state index < -0.39 is 0 Å². The molecule has 0 fully saturated rings. The molecule has 0 radical (unpaired) electrons. The van der Waals surface area contributed by atoms with Crippen molar-refractivity contribution in [3.63, 3.8) is 0 Å². The van der Waals surface area contributed by atoms with E-state index in [1.165, 1.54) is 80.7 Å². The van der Waals surface area contributed by atoms with Gasteiger partial charge in [-0.25, -0.2) is 0 Å². The molecule has 0 saturated heterocycles. The van der Waals surface area contributed by atoms with Crippen LogP contribution in [0.15, 0.2) is 206 Å². The lowest BCUT2D eigenvalue weighted by Crippen LogP contribution is -2.09. The number of hydrogen-bond acceptors (Lipinski definition) is 2. The molecule has 0 aliphatic carbocycles. The van der Waals surface area contributed by atoms with Gasteiger partial charge in [0, 0.05) is 43.3 Å². The Morgan fingerprint density at radius 1 is 0.364 bits per heavy atom. The Bertz CT molecular complexity index is 3090. The van der Waals surface area contributed by atoms with Crippen molar-refractivity contribution in [2.24, 2.45) is 0 Å². The van der Waals surface area contributed by atoms with Crippen molar-refractivity contribution in [1.82, 2.24) is 4.57 Å². The van der Waals surface area contributed by atoms with E-state index in [9.17, 15) is 0 Å². The van der Waals surface area contributed by atoms with E-state index in [-0.39, 0.29) is 0 Å². The molecule has 2 nitrogen and oxygen atoms in total.